The van der Waals surface area contributed by atoms with Crippen molar-refractivity contribution in [2.24, 2.45) is 0 Å². The summed E-state index contributed by atoms with van der Waals surface area (Å²) in [6.07, 6.45) is 2.47. The van der Waals surface area contributed by atoms with Crippen LogP contribution in [0.25, 0.3) is 0 Å². The minimum Gasteiger partial charge on any atom is -0.340 e. The second kappa shape index (κ2) is 11.0. The van der Waals surface area contributed by atoms with Crippen LogP contribution in [0.15, 0.2) is 59.5 Å². The van der Waals surface area contributed by atoms with E-state index in [1.807, 2.05) is 25.3 Å². The molecule has 2 aromatic rings. The number of hydrogen-bond donors (Lipinski definition) is 1. The largest absolute Gasteiger partial charge is 0.340 e. The molecule has 1 fully saturated rings. The number of piperazine rings is 1. The third kappa shape index (κ3) is 5.90. The summed E-state index contributed by atoms with van der Waals surface area (Å²) in [4.78, 5) is 27.8. The SMILES string of the molecule is CSCCC(NC(=O)c1cccc(C)c1)C(=O)N1CCN(S(=O)(=O)c2ccccc2)CC1. The van der Waals surface area contributed by atoms with Crippen LogP contribution < -0.4 is 5.32 Å². The highest BCUT2D eigenvalue weighted by Gasteiger charge is 2.33. The van der Waals surface area contributed by atoms with E-state index in [0.29, 0.717) is 25.1 Å². The molecule has 0 spiro atoms. The molecule has 1 N–H and O–H groups in total. The number of carbonyl (C=O) groups excluding carboxylic acids is 2. The van der Waals surface area contributed by atoms with E-state index in [0.717, 1.165) is 11.3 Å². The number of nitrogens with zero attached hydrogens (tertiary/aromatic N) is 2. The Morgan fingerprint density at radius 2 is 1.72 bits per heavy atom. The minimum atomic E-state index is -3.58. The number of benzene rings is 2. The zero-order chi connectivity index (χ0) is 23.1. The van der Waals surface area contributed by atoms with Crippen molar-refractivity contribution in [3.05, 3.63) is 65.7 Å². The molecule has 172 valence electrons. The zero-order valence-electron chi connectivity index (χ0n) is 18.4. The molecule has 3 rings (SSSR count). The second-order valence-electron chi connectivity index (χ2n) is 7.72. The quantitative estimate of drug-likeness (QED) is 0.634. The molecule has 0 bridgehead atoms. The highest BCUT2D eigenvalue weighted by molar-refractivity contribution is 7.98. The first-order valence-corrected chi connectivity index (χ1v) is 13.4. The van der Waals surface area contributed by atoms with Crippen LogP contribution in [0.2, 0.25) is 0 Å². The van der Waals surface area contributed by atoms with Crippen LogP contribution in [0.5, 0.6) is 0 Å². The number of hydrogen-bond acceptors (Lipinski definition) is 5. The first-order valence-electron chi connectivity index (χ1n) is 10.5. The Balaban J connectivity index is 1.65. The van der Waals surface area contributed by atoms with Crippen LogP contribution in [-0.4, -0.2) is 73.7 Å². The summed E-state index contributed by atoms with van der Waals surface area (Å²) in [6, 6.07) is 14.9. The van der Waals surface area contributed by atoms with Crippen molar-refractivity contribution in [1.82, 2.24) is 14.5 Å². The summed E-state index contributed by atoms with van der Waals surface area (Å²) in [7, 11) is -3.58. The predicted molar refractivity (Wildman–Crippen MR) is 127 cm³/mol. The first-order chi connectivity index (χ1) is 15.3. The van der Waals surface area contributed by atoms with Crippen LogP contribution in [0, 0.1) is 6.92 Å². The monoisotopic (exact) mass is 475 g/mol. The van der Waals surface area contributed by atoms with Gasteiger partial charge in [-0.25, -0.2) is 8.42 Å². The normalized spacial score (nSPS) is 15.9. The highest BCUT2D eigenvalue weighted by atomic mass is 32.2. The van der Waals surface area contributed by atoms with Crippen LogP contribution >= 0.6 is 11.8 Å². The first kappa shape index (κ1) is 24.3. The average Bonchev–Trinajstić information content (AvgIpc) is 2.81. The van der Waals surface area contributed by atoms with Crippen LogP contribution in [0.3, 0.4) is 0 Å². The lowest BCUT2D eigenvalue weighted by molar-refractivity contribution is -0.134. The van der Waals surface area contributed by atoms with Gasteiger partial charge in [-0.3, -0.25) is 9.59 Å². The van der Waals surface area contributed by atoms with Gasteiger partial charge in [-0.05, 0) is 49.6 Å². The molecule has 1 atom stereocenters. The number of aryl methyl sites for hydroxylation is 1. The number of rotatable bonds is 8. The Kier molecular flexibility index (Phi) is 8.33. The molecule has 9 heteroatoms. The van der Waals surface area contributed by atoms with Crippen molar-refractivity contribution in [3.8, 4) is 0 Å². The number of thioether (sulfide) groups is 1. The number of amides is 2. The average molecular weight is 476 g/mol. The number of nitrogens with one attached hydrogen (secondary N) is 1. The Morgan fingerprint density at radius 1 is 1.03 bits per heavy atom. The van der Waals surface area contributed by atoms with Gasteiger partial charge < -0.3 is 10.2 Å². The molecule has 32 heavy (non-hydrogen) atoms. The minimum absolute atomic E-state index is 0.170. The summed E-state index contributed by atoms with van der Waals surface area (Å²) in [5.74, 6) is 0.280. The lowest BCUT2D eigenvalue weighted by atomic mass is 10.1. The van der Waals surface area contributed by atoms with Crippen molar-refractivity contribution >= 4 is 33.6 Å². The maximum atomic E-state index is 13.2. The highest BCUT2D eigenvalue weighted by Crippen LogP contribution is 2.18. The fourth-order valence-electron chi connectivity index (χ4n) is 3.63. The molecule has 2 aromatic carbocycles. The van der Waals surface area contributed by atoms with Crippen LogP contribution in [0.1, 0.15) is 22.3 Å². The van der Waals surface area contributed by atoms with Crippen molar-refractivity contribution < 1.29 is 18.0 Å². The maximum Gasteiger partial charge on any atom is 0.251 e. The van der Waals surface area contributed by atoms with E-state index in [-0.39, 0.29) is 29.8 Å². The van der Waals surface area contributed by atoms with Crippen molar-refractivity contribution in [1.29, 1.82) is 0 Å². The summed E-state index contributed by atoms with van der Waals surface area (Å²) >= 11 is 1.61. The van der Waals surface area contributed by atoms with E-state index in [9.17, 15) is 18.0 Å². The van der Waals surface area contributed by atoms with Gasteiger partial charge in [-0.1, -0.05) is 35.9 Å². The van der Waals surface area contributed by atoms with Crippen LogP contribution in [0.4, 0.5) is 0 Å². The molecule has 1 saturated heterocycles. The van der Waals surface area contributed by atoms with E-state index >= 15 is 0 Å². The molecular formula is C23H29N3O4S2. The van der Waals surface area contributed by atoms with Gasteiger partial charge in [0.15, 0.2) is 0 Å². The summed E-state index contributed by atoms with van der Waals surface area (Å²) in [5.41, 5.74) is 1.49. The molecule has 1 unspecified atom stereocenters. The van der Waals surface area contributed by atoms with Gasteiger partial charge >= 0.3 is 0 Å². The number of sulfonamides is 1. The van der Waals surface area contributed by atoms with Crippen LogP contribution in [-0.2, 0) is 14.8 Å². The molecule has 7 nitrogen and oxygen atoms in total. The maximum absolute atomic E-state index is 13.2. The number of carbonyl (C=O) groups is 2. The third-order valence-electron chi connectivity index (χ3n) is 5.43. The second-order valence-corrected chi connectivity index (χ2v) is 10.6. The standard InChI is InChI=1S/C23H29N3O4S2/c1-18-7-6-8-19(17-18)22(27)24-21(11-16-31-2)23(28)25-12-14-26(15-13-25)32(29,30)20-9-4-3-5-10-20/h3-10,17,21H,11-16H2,1-2H3,(H,24,27). The summed E-state index contributed by atoms with van der Waals surface area (Å²) < 4.78 is 27.1. The molecule has 0 radical (unpaired) electrons. The Labute approximate surface area is 194 Å². The third-order valence-corrected chi connectivity index (χ3v) is 7.98. The van der Waals surface area contributed by atoms with E-state index in [1.54, 1.807) is 59.1 Å². The Hall–Kier alpha value is -2.36. The van der Waals surface area contributed by atoms with Crippen molar-refractivity contribution in [2.45, 2.75) is 24.3 Å². The van der Waals surface area contributed by atoms with Gasteiger partial charge in [0, 0.05) is 31.7 Å². The molecule has 1 aliphatic rings. The molecule has 0 aliphatic carbocycles. The lowest BCUT2D eigenvalue weighted by Crippen LogP contribution is -2.55. The molecule has 0 aromatic heterocycles. The van der Waals surface area contributed by atoms with Gasteiger partial charge in [-0.15, -0.1) is 0 Å². The Bertz CT molecular complexity index is 1040. The molecular weight excluding hydrogens is 446 g/mol. The predicted octanol–water partition coefficient (Wildman–Crippen LogP) is 2.38. The fraction of sp³-hybridized carbons (Fsp3) is 0.391. The molecule has 2 amide bonds. The van der Waals surface area contributed by atoms with Crippen molar-refractivity contribution in [3.63, 3.8) is 0 Å². The van der Waals surface area contributed by atoms with Gasteiger partial charge in [0.1, 0.15) is 6.04 Å². The van der Waals surface area contributed by atoms with Gasteiger partial charge in [-0.2, -0.15) is 16.1 Å². The molecule has 1 aliphatic heterocycles. The van der Waals surface area contributed by atoms with Crippen molar-refractivity contribution in [2.75, 3.05) is 38.2 Å². The summed E-state index contributed by atoms with van der Waals surface area (Å²) in [6.45, 7) is 2.95. The van der Waals surface area contributed by atoms with Gasteiger partial charge in [0.05, 0.1) is 4.90 Å². The van der Waals surface area contributed by atoms with E-state index in [2.05, 4.69) is 5.32 Å². The topological polar surface area (TPSA) is 86.8 Å². The van der Waals surface area contributed by atoms with E-state index < -0.39 is 16.1 Å². The molecule has 0 saturated carbocycles. The Morgan fingerprint density at radius 3 is 2.34 bits per heavy atom. The smallest absolute Gasteiger partial charge is 0.251 e. The van der Waals surface area contributed by atoms with E-state index in [1.165, 1.54) is 4.31 Å². The van der Waals surface area contributed by atoms with Gasteiger partial charge in [0.25, 0.3) is 5.91 Å². The van der Waals surface area contributed by atoms with Gasteiger partial charge in [0.2, 0.25) is 15.9 Å². The van der Waals surface area contributed by atoms with E-state index in [4.69, 9.17) is 0 Å². The summed E-state index contributed by atoms with van der Waals surface area (Å²) in [5, 5.41) is 2.88. The fourth-order valence-corrected chi connectivity index (χ4v) is 5.55. The lowest BCUT2D eigenvalue weighted by Gasteiger charge is -2.36. The molecule has 1 heterocycles. The zero-order valence-corrected chi connectivity index (χ0v) is 20.0.